The van der Waals surface area contributed by atoms with Gasteiger partial charge in [-0.2, -0.15) is 0 Å². The van der Waals surface area contributed by atoms with Gasteiger partial charge in [0.25, 0.3) is 0 Å². The van der Waals surface area contributed by atoms with Crippen LogP contribution in [-0.4, -0.2) is 17.6 Å². The van der Waals surface area contributed by atoms with Gasteiger partial charge in [-0.25, -0.2) is 0 Å². The Morgan fingerprint density at radius 2 is 2.00 bits per heavy atom. The van der Waals surface area contributed by atoms with Crippen LogP contribution in [-0.2, 0) is 0 Å². The maximum absolute atomic E-state index is 5.90. The van der Waals surface area contributed by atoms with Crippen molar-refractivity contribution in [2.45, 2.75) is 25.3 Å². The Morgan fingerprint density at radius 1 is 1.09 bits per heavy atom. The fraction of sp³-hybridized carbons (Fsp3) is 0.316. The lowest BCUT2D eigenvalue weighted by Gasteiger charge is -2.35. The molecule has 2 bridgehead atoms. The second-order valence-electron chi connectivity index (χ2n) is 6.12. The molecule has 3 heteroatoms. The molecule has 1 aromatic carbocycles. The first-order valence-corrected chi connectivity index (χ1v) is 8.00. The third-order valence-electron chi connectivity index (χ3n) is 4.58. The Labute approximate surface area is 131 Å². The molecule has 22 heavy (non-hydrogen) atoms. The average molecular weight is 292 g/mol. The van der Waals surface area contributed by atoms with Gasteiger partial charge in [-0.15, -0.1) is 0 Å². The van der Waals surface area contributed by atoms with E-state index in [0.717, 1.165) is 24.0 Å². The number of fused-ring (bicyclic) bond motifs is 2. The van der Waals surface area contributed by atoms with E-state index in [1.165, 1.54) is 30.4 Å². The van der Waals surface area contributed by atoms with E-state index < -0.39 is 0 Å². The highest BCUT2D eigenvalue weighted by Crippen LogP contribution is 2.35. The van der Waals surface area contributed by atoms with Crippen LogP contribution in [0.4, 0.5) is 0 Å². The van der Waals surface area contributed by atoms with Crippen molar-refractivity contribution >= 4 is 5.57 Å². The smallest absolute Gasteiger partial charge is 0.146 e. The van der Waals surface area contributed by atoms with E-state index in [1.807, 2.05) is 36.5 Å². The summed E-state index contributed by atoms with van der Waals surface area (Å²) >= 11 is 0. The number of aromatic nitrogens is 1. The minimum absolute atomic E-state index is 0.473. The monoisotopic (exact) mass is 292 g/mol. The highest BCUT2D eigenvalue weighted by Gasteiger charge is 2.28. The predicted molar refractivity (Wildman–Crippen MR) is 87.9 cm³/mol. The summed E-state index contributed by atoms with van der Waals surface area (Å²) < 4.78 is 5.90. The maximum Gasteiger partial charge on any atom is 0.146 e. The molecule has 112 valence electrons. The lowest BCUT2D eigenvalue weighted by molar-refractivity contribution is 0.329. The number of nitrogens with one attached hydrogen (secondary N) is 1. The van der Waals surface area contributed by atoms with Crippen molar-refractivity contribution in [1.29, 1.82) is 0 Å². The zero-order valence-corrected chi connectivity index (χ0v) is 12.5. The van der Waals surface area contributed by atoms with Crippen molar-refractivity contribution in [3.63, 3.8) is 0 Å². The van der Waals surface area contributed by atoms with Crippen LogP contribution >= 0.6 is 0 Å². The lowest BCUT2D eigenvalue weighted by Crippen LogP contribution is -2.40. The normalized spacial score (nSPS) is 23.7. The third-order valence-corrected chi connectivity index (χ3v) is 4.58. The van der Waals surface area contributed by atoms with E-state index in [4.69, 9.17) is 4.74 Å². The summed E-state index contributed by atoms with van der Waals surface area (Å²) in [6, 6.07) is 12.4. The van der Waals surface area contributed by atoms with Crippen LogP contribution < -0.4 is 10.1 Å². The molecule has 3 nitrogen and oxygen atoms in total. The summed E-state index contributed by atoms with van der Waals surface area (Å²) in [5.74, 6) is 2.49. The molecule has 2 unspecified atom stereocenters. The van der Waals surface area contributed by atoms with Crippen LogP contribution in [0.25, 0.3) is 5.57 Å². The number of hydrogen-bond donors (Lipinski definition) is 1. The zero-order chi connectivity index (χ0) is 14.8. The fourth-order valence-corrected chi connectivity index (χ4v) is 3.46. The van der Waals surface area contributed by atoms with Gasteiger partial charge in [0.05, 0.1) is 6.20 Å². The molecule has 1 aliphatic carbocycles. The van der Waals surface area contributed by atoms with E-state index in [-0.39, 0.29) is 0 Å². The van der Waals surface area contributed by atoms with Crippen molar-refractivity contribution in [3.8, 4) is 11.5 Å². The van der Waals surface area contributed by atoms with Gasteiger partial charge in [-0.05, 0) is 55.5 Å². The van der Waals surface area contributed by atoms with Gasteiger partial charge in [0.2, 0.25) is 0 Å². The Balaban J connectivity index is 1.59. The summed E-state index contributed by atoms with van der Waals surface area (Å²) in [6.07, 6.45) is 9.84. The molecule has 0 saturated carbocycles. The number of hydrogen-bond acceptors (Lipinski definition) is 3. The van der Waals surface area contributed by atoms with Gasteiger partial charge < -0.3 is 10.1 Å². The van der Waals surface area contributed by atoms with E-state index in [0.29, 0.717) is 6.04 Å². The van der Waals surface area contributed by atoms with E-state index in [9.17, 15) is 0 Å². The lowest BCUT2D eigenvalue weighted by atomic mass is 9.79. The molecule has 1 fully saturated rings. The number of piperidine rings is 1. The molecule has 0 spiro atoms. The summed E-state index contributed by atoms with van der Waals surface area (Å²) in [6.45, 7) is 1.13. The first-order valence-electron chi connectivity index (χ1n) is 8.00. The van der Waals surface area contributed by atoms with Crippen LogP contribution in [0, 0.1) is 5.92 Å². The molecule has 2 aromatic rings. The molecular formula is C19H20N2O. The largest absolute Gasteiger partial charge is 0.456 e. The standard InChI is InChI=1S/C19H20N2O/c1-2-4-16(5-3-1)22-17-11-15(12-20-13-17)18-7-6-14-8-9-21-19(18)10-14/h1-5,7,11-14,19,21H,6,8-10H2. The average Bonchev–Trinajstić information content (AvgIpc) is 2.56. The SMILES string of the molecule is C1=C(c2cncc(Oc3ccccc3)c2)C2CC(C1)CCN2. The number of ether oxygens (including phenoxy) is 1. The Kier molecular flexibility index (Phi) is 3.65. The molecular weight excluding hydrogens is 272 g/mol. The summed E-state index contributed by atoms with van der Waals surface area (Å²) in [5, 5.41) is 3.63. The van der Waals surface area contributed by atoms with Crippen LogP contribution in [0.15, 0.2) is 54.9 Å². The second kappa shape index (κ2) is 5.93. The molecule has 0 amide bonds. The molecule has 2 aliphatic rings. The number of nitrogens with zero attached hydrogens (tertiary/aromatic N) is 1. The minimum Gasteiger partial charge on any atom is -0.456 e. The van der Waals surface area contributed by atoms with Crippen LogP contribution in [0.5, 0.6) is 11.5 Å². The van der Waals surface area contributed by atoms with Gasteiger partial charge in [-0.1, -0.05) is 24.3 Å². The Morgan fingerprint density at radius 3 is 2.91 bits per heavy atom. The van der Waals surface area contributed by atoms with Gasteiger partial charge in [0.1, 0.15) is 11.5 Å². The number of pyridine rings is 1. The van der Waals surface area contributed by atoms with Crippen molar-refractivity contribution < 1.29 is 4.74 Å². The van der Waals surface area contributed by atoms with Crippen molar-refractivity contribution in [2.75, 3.05) is 6.54 Å². The summed E-state index contributed by atoms with van der Waals surface area (Å²) in [5.41, 5.74) is 2.55. The minimum atomic E-state index is 0.473. The Bertz CT molecular complexity index is 681. The van der Waals surface area contributed by atoms with Crippen molar-refractivity contribution in [1.82, 2.24) is 10.3 Å². The summed E-state index contributed by atoms with van der Waals surface area (Å²) in [7, 11) is 0. The number of para-hydroxylation sites is 1. The molecule has 1 saturated heterocycles. The van der Waals surface area contributed by atoms with E-state index >= 15 is 0 Å². The number of allylic oxidation sites excluding steroid dienone is 1. The molecule has 0 radical (unpaired) electrons. The van der Waals surface area contributed by atoms with Crippen molar-refractivity contribution in [3.05, 3.63) is 60.4 Å². The number of benzene rings is 1. The fourth-order valence-electron chi connectivity index (χ4n) is 3.46. The Hall–Kier alpha value is -2.13. The van der Waals surface area contributed by atoms with Gasteiger partial charge in [-0.3, -0.25) is 4.98 Å². The van der Waals surface area contributed by atoms with Gasteiger partial charge in [0.15, 0.2) is 0 Å². The van der Waals surface area contributed by atoms with Crippen molar-refractivity contribution in [2.24, 2.45) is 5.92 Å². The molecule has 2 atom stereocenters. The first kappa shape index (κ1) is 13.5. The predicted octanol–water partition coefficient (Wildman–Crippen LogP) is 4.03. The summed E-state index contributed by atoms with van der Waals surface area (Å²) in [4.78, 5) is 4.37. The second-order valence-corrected chi connectivity index (χ2v) is 6.12. The zero-order valence-electron chi connectivity index (χ0n) is 12.5. The van der Waals surface area contributed by atoms with Crippen LogP contribution in [0.2, 0.25) is 0 Å². The van der Waals surface area contributed by atoms with Crippen LogP contribution in [0.3, 0.4) is 0 Å². The molecule has 1 N–H and O–H groups in total. The number of rotatable bonds is 3. The van der Waals surface area contributed by atoms with Gasteiger partial charge >= 0.3 is 0 Å². The third kappa shape index (κ3) is 2.77. The molecule has 1 aromatic heterocycles. The van der Waals surface area contributed by atoms with Gasteiger partial charge in [0, 0.05) is 17.8 Å². The maximum atomic E-state index is 5.90. The first-order chi connectivity index (χ1) is 10.9. The molecule has 2 heterocycles. The highest BCUT2D eigenvalue weighted by atomic mass is 16.5. The molecule has 1 aliphatic heterocycles. The quantitative estimate of drug-likeness (QED) is 0.927. The van der Waals surface area contributed by atoms with Crippen LogP contribution in [0.1, 0.15) is 24.8 Å². The molecule has 4 rings (SSSR count). The topological polar surface area (TPSA) is 34.1 Å². The highest BCUT2D eigenvalue weighted by molar-refractivity contribution is 5.71. The van der Waals surface area contributed by atoms with E-state index in [2.05, 4.69) is 22.4 Å². The van der Waals surface area contributed by atoms with E-state index in [1.54, 1.807) is 6.20 Å².